The molecule has 3 heterocycles. The van der Waals surface area contributed by atoms with Crippen molar-refractivity contribution in [3.05, 3.63) is 47.5 Å². The summed E-state index contributed by atoms with van der Waals surface area (Å²) in [6.45, 7) is 4.14. The van der Waals surface area contributed by atoms with E-state index in [-0.39, 0.29) is 11.9 Å². The van der Waals surface area contributed by atoms with Gasteiger partial charge in [0.25, 0.3) is 0 Å². The van der Waals surface area contributed by atoms with E-state index in [1.165, 1.54) is 15.3 Å². The van der Waals surface area contributed by atoms with Gasteiger partial charge in [-0.05, 0) is 63.0 Å². The zero-order chi connectivity index (χ0) is 24.9. The second-order valence-electron chi connectivity index (χ2n) is 9.80. The molecule has 3 aromatic rings. The van der Waals surface area contributed by atoms with Gasteiger partial charge in [-0.15, -0.1) is 23.1 Å². The molecule has 36 heavy (non-hydrogen) atoms. The van der Waals surface area contributed by atoms with Crippen LogP contribution in [0.1, 0.15) is 43.0 Å². The summed E-state index contributed by atoms with van der Waals surface area (Å²) in [7, 11) is 1.73. The van der Waals surface area contributed by atoms with Gasteiger partial charge in [0.15, 0.2) is 0 Å². The van der Waals surface area contributed by atoms with Gasteiger partial charge in [-0.2, -0.15) is 0 Å². The molecule has 2 aliphatic rings. The number of aromatic nitrogens is 1. The molecule has 0 saturated carbocycles. The number of hydrogen-bond acceptors (Lipinski definition) is 7. The van der Waals surface area contributed by atoms with E-state index in [4.69, 9.17) is 15.5 Å². The van der Waals surface area contributed by atoms with Crippen LogP contribution in [0.15, 0.2) is 42.5 Å². The molecule has 0 radical (unpaired) electrons. The highest BCUT2D eigenvalue weighted by Crippen LogP contribution is 2.39. The Morgan fingerprint density at radius 2 is 1.97 bits per heavy atom. The van der Waals surface area contributed by atoms with Gasteiger partial charge in [0.1, 0.15) is 5.75 Å². The minimum Gasteiger partial charge on any atom is -0.497 e. The number of carbonyl (C=O) groups excluding carboxylic acids is 1. The monoisotopic (exact) mass is 524 g/mol. The quantitative estimate of drug-likeness (QED) is 0.389. The molecule has 1 amide bonds. The summed E-state index contributed by atoms with van der Waals surface area (Å²) in [5, 5.41) is 1.25. The van der Waals surface area contributed by atoms with Crippen molar-refractivity contribution >= 4 is 39.2 Å². The number of rotatable bonds is 9. The fourth-order valence-corrected chi connectivity index (χ4v) is 7.35. The fraction of sp³-hybridized carbons (Fsp3) is 0.500. The number of nitrogens with zero attached hydrogens (tertiary/aromatic N) is 3. The van der Waals surface area contributed by atoms with Crippen LogP contribution in [0, 0.1) is 0 Å². The number of thiazole rings is 1. The van der Waals surface area contributed by atoms with E-state index in [1.54, 1.807) is 7.11 Å². The molecule has 1 unspecified atom stereocenters. The van der Waals surface area contributed by atoms with Gasteiger partial charge in [-0.3, -0.25) is 4.79 Å². The molecule has 0 bridgehead atoms. The molecule has 2 N–H and O–H groups in total. The molecular weight excluding hydrogens is 488 g/mol. The lowest BCUT2D eigenvalue weighted by molar-refractivity contribution is -0.131. The minimum atomic E-state index is -0.340. The van der Waals surface area contributed by atoms with E-state index in [1.807, 2.05) is 34.1 Å². The maximum Gasteiger partial charge on any atom is 0.240 e. The van der Waals surface area contributed by atoms with E-state index < -0.39 is 0 Å². The third kappa shape index (κ3) is 5.88. The summed E-state index contributed by atoms with van der Waals surface area (Å²) in [5.41, 5.74) is 9.57. The standard InChI is InChI=1S/C28H36N4O2S2/c1-34-22-17-23(20-7-3-2-4-8-20)26-25(18-22)36-27(30-26)21-10-13-31(14-11-21)12-6-5-9-24(29)28(33)32-15-16-35-19-32/h2-4,7-8,17-18,21,24H,5-6,9-16,19,29H2,1H3. The van der Waals surface area contributed by atoms with Gasteiger partial charge >= 0.3 is 0 Å². The number of nitrogens with two attached hydrogens (primary N) is 1. The fourth-order valence-electron chi connectivity index (χ4n) is 5.20. The molecule has 6 nitrogen and oxygen atoms in total. The van der Waals surface area contributed by atoms with Gasteiger partial charge in [0.05, 0.1) is 34.3 Å². The Hall–Kier alpha value is -2.13. The molecule has 5 rings (SSSR count). The molecule has 2 aromatic carbocycles. The first-order valence-corrected chi connectivity index (χ1v) is 15.0. The zero-order valence-electron chi connectivity index (χ0n) is 21.0. The van der Waals surface area contributed by atoms with Crippen LogP contribution in [0.2, 0.25) is 0 Å². The van der Waals surface area contributed by atoms with Gasteiger partial charge in [0, 0.05) is 23.8 Å². The van der Waals surface area contributed by atoms with Crippen LogP contribution in [0.3, 0.4) is 0 Å². The largest absolute Gasteiger partial charge is 0.497 e. The summed E-state index contributed by atoms with van der Waals surface area (Å²) in [6, 6.07) is 14.4. The summed E-state index contributed by atoms with van der Waals surface area (Å²) in [6.07, 6.45) is 5.18. The minimum absolute atomic E-state index is 0.129. The molecular formula is C28H36N4O2S2. The third-order valence-electron chi connectivity index (χ3n) is 7.36. The van der Waals surface area contributed by atoms with Crippen molar-refractivity contribution in [3.63, 3.8) is 0 Å². The molecule has 2 saturated heterocycles. The molecule has 1 atom stereocenters. The molecule has 192 valence electrons. The van der Waals surface area contributed by atoms with Crippen LogP contribution in [-0.2, 0) is 4.79 Å². The summed E-state index contributed by atoms with van der Waals surface area (Å²) in [5.74, 6) is 3.36. The third-order valence-corrected chi connectivity index (χ3v) is 9.49. The highest BCUT2D eigenvalue weighted by Gasteiger charge is 2.25. The van der Waals surface area contributed by atoms with Crippen LogP contribution in [0.5, 0.6) is 5.75 Å². The van der Waals surface area contributed by atoms with Gasteiger partial charge in [0.2, 0.25) is 5.91 Å². The topological polar surface area (TPSA) is 71.7 Å². The highest BCUT2D eigenvalue weighted by molar-refractivity contribution is 7.99. The normalized spacial score (nSPS) is 18.1. The number of unbranched alkanes of at least 4 members (excludes halogenated alkanes) is 1. The van der Waals surface area contributed by atoms with Crippen LogP contribution < -0.4 is 10.5 Å². The predicted octanol–water partition coefficient (Wildman–Crippen LogP) is 5.18. The van der Waals surface area contributed by atoms with E-state index in [9.17, 15) is 4.79 Å². The van der Waals surface area contributed by atoms with Crippen molar-refractivity contribution in [2.75, 3.05) is 44.9 Å². The SMILES string of the molecule is COc1cc(-c2ccccc2)c2nc(C3CCN(CCCCC(N)C(=O)N4CCSC4)CC3)sc2c1. The van der Waals surface area contributed by atoms with E-state index in [0.717, 1.165) is 86.7 Å². The Kier molecular flexibility index (Phi) is 8.47. The average molecular weight is 525 g/mol. The lowest BCUT2D eigenvalue weighted by Gasteiger charge is -2.31. The number of hydrogen-bond donors (Lipinski definition) is 1. The number of piperidine rings is 1. The van der Waals surface area contributed by atoms with Crippen molar-refractivity contribution in [1.29, 1.82) is 0 Å². The summed E-state index contributed by atoms with van der Waals surface area (Å²) < 4.78 is 6.79. The lowest BCUT2D eigenvalue weighted by Crippen LogP contribution is -2.42. The Morgan fingerprint density at radius 1 is 1.17 bits per heavy atom. The van der Waals surface area contributed by atoms with E-state index in [0.29, 0.717) is 5.92 Å². The zero-order valence-corrected chi connectivity index (χ0v) is 22.7. The second kappa shape index (κ2) is 11.9. The number of amides is 1. The Balaban J connectivity index is 1.14. The number of ether oxygens (including phenoxy) is 1. The first kappa shape index (κ1) is 25.5. The first-order chi connectivity index (χ1) is 17.6. The molecule has 8 heteroatoms. The molecule has 0 aliphatic carbocycles. The van der Waals surface area contributed by atoms with Crippen LogP contribution in [-0.4, -0.2) is 71.7 Å². The predicted molar refractivity (Wildman–Crippen MR) is 151 cm³/mol. The molecule has 2 fully saturated rings. The maximum atomic E-state index is 12.4. The molecule has 0 spiro atoms. The Morgan fingerprint density at radius 3 is 2.69 bits per heavy atom. The van der Waals surface area contributed by atoms with Crippen LogP contribution >= 0.6 is 23.1 Å². The number of thioether (sulfide) groups is 1. The Bertz CT molecular complexity index is 1160. The van der Waals surface area contributed by atoms with Crippen molar-refractivity contribution in [2.24, 2.45) is 5.73 Å². The lowest BCUT2D eigenvalue weighted by atomic mass is 9.97. The van der Waals surface area contributed by atoms with Crippen molar-refractivity contribution in [2.45, 2.75) is 44.1 Å². The van der Waals surface area contributed by atoms with Crippen molar-refractivity contribution in [3.8, 4) is 16.9 Å². The number of benzene rings is 2. The Labute approximate surface area is 222 Å². The number of methoxy groups -OCH3 is 1. The molecule has 1 aromatic heterocycles. The van der Waals surface area contributed by atoms with Crippen LogP contribution in [0.25, 0.3) is 21.3 Å². The first-order valence-electron chi connectivity index (χ1n) is 13.0. The van der Waals surface area contributed by atoms with E-state index >= 15 is 0 Å². The second-order valence-corrected chi connectivity index (χ2v) is 11.9. The number of carbonyl (C=O) groups is 1. The molecule has 2 aliphatic heterocycles. The summed E-state index contributed by atoms with van der Waals surface area (Å²) in [4.78, 5) is 22.0. The maximum absolute atomic E-state index is 12.4. The van der Waals surface area contributed by atoms with Crippen LogP contribution in [0.4, 0.5) is 0 Å². The highest BCUT2D eigenvalue weighted by atomic mass is 32.2. The number of likely N-dealkylation sites (tertiary alicyclic amines) is 1. The van der Waals surface area contributed by atoms with Gasteiger partial charge in [-0.1, -0.05) is 36.8 Å². The van der Waals surface area contributed by atoms with E-state index in [2.05, 4.69) is 41.3 Å². The van der Waals surface area contributed by atoms with Gasteiger partial charge in [-0.25, -0.2) is 4.98 Å². The van der Waals surface area contributed by atoms with Gasteiger partial charge < -0.3 is 20.3 Å². The van der Waals surface area contributed by atoms with Crippen molar-refractivity contribution < 1.29 is 9.53 Å². The average Bonchev–Trinajstić information content (AvgIpc) is 3.61. The summed E-state index contributed by atoms with van der Waals surface area (Å²) >= 11 is 3.63. The smallest absolute Gasteiger partial charge is 0.240 e. The van der Waals surface area contributed by atoms with Crippen molar-refractivity contribution in [1.82, 2.24) is 14.8 Å². The number of fused-ring (bicyclic) bond motifs is 1.